The lowest BCUT2D eigenvalue weighted by molar-refractivity contribution is 0.191. The monoisotopic (exact) mass is 491 g/mol. The minimum atomic E-state index is -4.31. The number of unbranched alkanes of at least 4 members (excludes halogenated alkanes) is 18. The van der Waals surface area contributed by atoms with E-state index < -0.39 is 7.82 Å². The van der Waals surface area contributed by atoms with Crippen LogP contribution in [0.25, 0.3) is 0 Å². The quantitative estimate of drug-likeness (QED) is 0.0889. The van der Waals surface area contributed by atoms with Crippen LogP contribution in [-0.2, 0) is 9.09 Å². The molecular weight excluding hydrogens is 433 g/mol. The van der Waals surface area contributed by atoms with Crippen molar-refractivity contribution >= 4 is 7.82 Å². The van der Waals surface area contributed by atoms with E-state index in [0.29, 0.717) is 0 Å². The van der Waals surface area contributed by atoms with Gasteiger partial charge in [-0.25, -0.2) is 4.57 Å². The van der Waals surface area contributed by atoms with Gasteiger partial charge >= 0.3 is 7.82 Å². The molecule has 0 aliphatic rings. The molecule has 2 N–H and O–H groups in total. The second-order valence-corrected chi connectivity index (χ2v) is 11.1. The molecule has 6 heteroatoms. The first kappa shape index (κ1) is 33.1. The summed E-state index contributed by atoms with van der Waals surface area (Å²) >= 11 is 0. The Morgan fingerprint density at radius 1 is 0.515 bits per heavy atom. The molecule has 0 aliphatic heterocycles. The zero-order valence-corrected chi connectivity index (χ0v) is 23.2. The molecule has 0 unspecified atom stereocenters. The number of hydrogen-bond acceptors (Lipinski definition) is 3. The van der Waals surface area contributed by atoms with Crippen molar-refractivity contribution in [3.63, 3.8) is 0 Å². The summed E-state index contributed by atoms with van der Waals surface area (Å²) in [5.74, 6) is 0. The van der Waals surface area contributed by atoms with Crippen LogP contribution in [0, 0.1) is 0 Å². The maximum Gasteiger partial charge on any atom is 0.469 e. The molecule has 0 amide bonds. The van der Waals surface area contributed by atoms with Crippen LogP contribution in [0.1, 0.15) is 149 Å². The highest BCUT2D eigenvalue weighted by atomic mass is 31.2. The van der Waals surface area contributed by atoms with Gasteiger partial charge in [0.15, 0.2) is 0 Å². The first-order chi connectivity index (χ1) is 16.0. The van der Waals surface area contributed by atoms with Crippen molar-refractivity contribution in [3.05, 3.63) is 0 Å². The van der Waals surface area contributed by atoms with E-state index in [9.17, 15) is 4.57 Å². The smallest absolute Gasteiger partial charge is 0.303 e. The molecule has 0 rings (SSSR count). The zero-order chi connectivity index (χ0) is 24.5. The highest BCUT2D eigenvalue weighted by molar-refractivity contribution is 7.46. The third-order valence-electron chi connectivity index (χ3n) is 6.53. The minimum absolute atomic E-state index is 0.154. The van der Waals surface area contributed by atoms with Crippen molar-refractivity contribution in [3.8, 4) is 0 Å². The summed E-state index contributed by atoms with van der Waals surface area (Å²) in [5, 5.41) is 0. The molecular formula is C27H58NO4P. The lowest BCUT2D eigenvalue weighted by Crippen LogP contribution is -2.27. The van der Waals surface area contributed by atoms with Gasteiger partial charge in [-0.1, -0.05) is 117 Å². The fourth-order valence-corrected chi connectivity index (χ4v) is 4.79. The van der Waals surface area contributed by atoms with Crippen LogP contribution in [0.15, 0.2) is 0 Å². The van der Waals surface area contributed by atoms with Gasteiger partial charge in [-0.3, -0.25) is 4.52 Å². The van der Waals surface area contributed by atoms with E-state index in [1.54, 1.807) is 0 Å². The Hall–Kier alpha value is 0.0700. The molecule has 0 saturated heterocycles. The van der Waals surface area contributed by atoms with Gasteiger partial charge in [0.25, 0.3) is 0 Å². The van der Waals surface area contributed by atoms with E-state index in [0.717, 1.165) is 25.8 Å². The molecule has 5 nitrogen and oxygen atoms in total. The molecule has 0 aromatic carbocycles. The Bertz CT molecular complexity index is 408. The molecule has 33 heavy (non-hydrogen) atoms. The van der Waals surface area contributed by atoms with Gasteiger partial charge in [-0.2, -0.15) is 0 Å². The fourth-order valence-electron chi connectivity index (χ4n) is 4.43. The van der Waals surface area contributed by atoms with Gasteiger partial charge in [0.05, 0.1) is 6.61 Å². The van der Waals surface area contributed by atoms with Gasteiger partial charge in [0.1, 0.15) is 0 Å². The van der Waals surface area contributed by atoms with Gasteiger partial charge in [0, 0.05) is 0 Å². The van der Waals surface area contributed by atoms with Gasteiger partial charge < -0.3 is 14.7 Å². The number of nitrogens with zero attached hydrogens (tertiary/aromatic N) is 1. The van der Waals surface area contributed by atoms with Crippen molar-refractivity contribution < 1.29 is 18.9 Å². The number of phosphoric ester groups is 1. The van der Waals surface area contributed by atoms with Crippen molar-refractivity contribution in [2.45, 2.75) is 149 Å². The maximum atomic E-state index is 10.8. The second kappa shape index (κ2) is 25.2. The van der Waals surface area contributed by atoms with Crippen LogP contribution >= 0.6 is 7.82 Å². The topological polar surface area (TPSA) is 70.0 Å². The molecule has 0 aliphatic carbocycles. The van der Waals surface area contributed by atoms with Crippen molar-refractivity contribution in [1.29, 1.82) is 0 Å². The average Bonchev–Trinajstić information content (AvgIpc) is 2.77. The number of hydrogen-bond donors (Lipinski definition) is 2. The summed E-state index contributed by atoms with van der Waals surface area (Å²) in [6.07, 6.45) is 27.4. The third-order valence-corrected chi connectivity index (χ3v) is 7.05. The summed E-state index contributed by atoms with van der Waals surface area (Å²) in [6.45, 7) is 8.20. The predicted octanol–water partition coefficient (Wildman–Crippen LogP) is 8.63. The Kier molecular flexibility index (Phi) is 25.2. The largest absolute Gasteiger partial charge is 0.469 e. The Morgan fingerprint density at radius 2 is 0.818 bits per heavy atom. The molecule has 0 aromatic rings. The Balaban J connectivity index is 3.91. The van der Waals surface area contributed by atoms with Crippen LogP contribution in [-0.4, -0.2) is 40.9 Å². The summed E-state index contributed by atoms with van der Waals surface area (Å²) in [5.41, 5.74) is 0. The summed E-state index contributed by atoms with van der Waals surface area (Å²) in [7, 11) is -4.31. The molecule has 200 valence electrons. The molecule has 0 heterocycles. The van der Waals surface area contributed by atoms with Crippen molar-refractivity contribution in [2.75, 3.05) is 26.2 Å². The van der Waals surface area contributed by atoms with Crippen LogP contribution in [0.4, 0.5) is 0 Å². The second-order valence-electron chi connectivity index (χ2n) is 9.88. The normalized spacial score (nSPS) is 12.2. The predicted molar refractivity (Wildman–Crippen MR) is 143 cm³/mol. The maximum absolute atomic E-state index is 10.8. The Morgan fingerprint density at radius 3 is 1.15 bits per heavy atom. The minimum Gasteiger partial charge on any atom is -0.303 e. The van der Waals surface area contributed by atoms with Gasteiger partial charge in [-0.15, -0.1) is 0 Å². The Labute approximate surface area is 206 Å². The number of phosphoric acid groups is 1. The first-order valence-corrected chi connectivity index (χ1v) is 15.9. The van der Waals surface area contributed by atoms with Crippen LogP contribution < -0.4 is 0 Å². The molecule has 0 atom stereocenters. The lowest BCUT2D eigenvalue weighted by atomic mass is 10.1. The lowest BCUT2D eigenvalue weighted by Gasteiger charge is -2.22. The molecule has 0 spiro atoms. The molecule has 0 fully saturated rings. The van der Waals surface area contributed by atoms with E-state index in [2.05, 4.69) is 23.3 Å². The summed E-state index contributed by atoms with van der Waals surface area (Å²) in [4.78, 5) is 20.2. The van der Waals surface area contributed by atoms with Crippen molar-refractivity contribution in [2.24, 2.45) is 0 Å². The highest BCUT2D eigenvalue weighted by Gasteiger charge is 2.12. The highest BCUT2D eigenvalue weighted by Crippen LogP contribution is 2.35. The van der Waals surface area contributed by atoms with Crippen LogP contribution in [0.2, 0.25) is 0 Å². The van der Waals surface area contributed by atoms with Gasteiger partial charge in [0.2, 0.25) is 0 Å². The zero-order valence-electron chi connectivity index (χ0n) is 22.3. The molecule has 0 radical (unpaired) electrons. The van der Waals surface area contributed by atoms with Crippen LogP contribution in [0.3, 0.4) is 0 Å². The molecule has 0 aromatic heterocycles. The first-order valence-electron chi connectivity index (χ1n) is 14.4. The summed E-state index contributed by atoms with van der Waals surface area (Å²) < 4.78 is 15.3. The van der Waals surface area contributed by atoms with Crippen LogP contribution in [0.5, 0.6) is 0 Å². The van der Waals surface area contributed by atoms with E-state index in [4.69, 9.17) is 9.79 Å². The molecule has 0 saturated carbocycles. The summed E-state index contributed by atoms with van der Waals surface area (Å²) in [6, 6.07) is 0. The SMILES string of the molecule is CCCCCCCCCCCN(CCCCCCCCCCC)CCCCCOP(=O)(O)O. The van der Waals surface area contributed by atoms with E-state index >= 15 is 0 Å². The third kappa shape index (κ3) is 28.2. The fraction of sp³-hybridized carbons (Fsp3) is 1.00. The average molecular weight is 492 g/mol. The van der Waals surface area contributed by atoms with E-state index in [1.165, 1.54) is 129 Å². The molecule has 0 bridgehead atoms. The van der Waals surface area contributed by atoms with E-state index in [-0.39, 0.29) is 6.61 Å². The standard InChI is InChI=1S/C27H58NO4P/c1-3-5-7-9-11-13-15-17-20-24-28(26-22-19-23-27-32-33(29,30)31)25-21-18-16-14-12-10-8-6-4-2/h3-27H2,1-2H3,(H2,29,30,31). The van der Waals surface area contributed by atoms with Gasteiger partial charge in [-0.05, 0) is 51.7 Å². The number of rotatable bonds is 27. The van der Waals surface area contributed by atoms with E-state index in [1.807, 2.05) is 0 Å². The van der Waals surface area contributed by atoms with Crippen molar-refractivity contribution in [1.82, 2.24) is 4.90 Å².